The summed E-state index contributed by atoms with van der Waals surface area (Å²) in [5, 5.41) is 0.656. The van der Waals surface area contributed by atoms with Crippen molar-refractivity contribution in [1.29, 1.82) is 0 Å². The molecule has 184 valence electrons. The molecule has 4 aromatic rings. The minimum Gasteiger partial charge on any atom is -0.455 e. The molecule has 1 saturated heterocycles. The van der Waals surface area contributed by atoms with E-state index in [0.717, 1.165) is 23.6 Å². The van der Waals surface area contributed by atoms with E-state index < -0.39 is 0 Å². The second-order valence-electron chi connectivity index (χ2n) is 8.56. The lowest BCUT2D eigenvalue weighted by Gasteiger charge is -2.25. The van der Waals surface area contributed by atoms with E-state index in [1.807, 2.05) is 67.7 Å². The SMILES string of the molecule is CN(Cc1ccccc1)c1cc(-c2ccccc2)nc(SCc2ccc(C(=O)N3CCOCC3)o2)n1. The van der Waals surface area contributed by atoms with Gasteiger partial charge in [0.1, 0.15) is 11.6 Å². The number of nitrogens with zero attached hydrogens (tertiary/aromatic N) is 4. The Hall–Kier alpha value is -3.62. The van der Waals surface area contributed by atoms with E-state index >= 15 is 0 Å². The highest BCUT2D eigenvalue weighted by Gasteiger charge is 2.21. The van der Waals surface area contributed by atoms with E-state index in [4.69, 9.17) is 19.1 Å². The first-order valence-corrected chi connectivity index (χ1v) is 12.9. The lowest BCUT2D eigenvalue weighted by atomic mass is 10.1. The van der Waals surface area contributed by atoms with Crippen molar-refractivity contribution in [3.05, 3.63) is 95.9 Å². The number of hydrogen-bond donors (Lipinski definition) is 0. The zero-order valence-corrected chi connectivity index (χ0v) is 21.0. The molecule has 0 atom stereocenters. The highest BCUT2D eigenvalue weighted by Crippen LogP contribution is 2.28. The molecule has 0 saturated carbocycles. The molecule has 2 aromatic heterocycles. The van der Waals surface area contributed by atoms with Gasteiger partial charge in [-0.2, -0.15) is 0 Å². The predicted octanol–water partition coefficient (Wildman–Crippen LogP) is 5.14. The quantitative estimate of drug-likeness (QED) is 0.245. The summed E-state index contributed by atoms with van der Waals surface area (Å²) in [6.45, 7) is 3.03. The van der Waals surface area contributed by atoms with Gasteiger partial charge in [0.15, 0.2) is 10.9 Å². The van der Waals surface area contributed by atoms with Crippen LogP contribution in [0.1, 0.15) is 21.9 Å². The highest BCUT2D eigenvalue weighted by atomic mass is 32.2. The maximum Gasteiger partial charge on any atom is 0.289 e. The average Bonchev–Trinajstić information content (AvgIpc) is 3.42. The third-order valence-corrected chi connectivity index (χ3v) is 6.80. The van der Waals surface area contributed by atoms with Crippen LogP contribution in [0.3, 0.4) is 0 Å². The van der Waals surface area contributed by atoms with Crippen molar-refractivity contribution in [2.24, 2.45) is 0 Å². The van der Waals surface area contributed by atoms with E-state index in [9.17, 15) is 4.79 Å². The molecule has 7 nitrogen and oxygen atoms in total. The number of anilines is 1. The number of ether oxygens (including phenoxy) is 1. The number of furan rings is 1. The zero-order valence-electron chi connectivity index (χ0n) is 20.2. The lowest BCUT2D eigenvalue weighted by Crippen LogP contribution is -2.40. The molecule has 0 unspecified atom stereocenters. The fourth-order valence-electron chi connectivity index (χ4n) is 4.00. The number of amides is 1. The molecule has 0 bridgehead atoms. The van der Waals surface area contributed by atoms with Crippen LogP contribution in [0.4, 0.5) is 5.82 Å². The molecule has 1 aliphatic rings. The summed E-state index contributed by atoms with van der Waals surface area (Å²) in [5.41, 5.74) is 3.11. The number of benzene rings is 2. The standard InChI is InChI=1S/C28H28N4O3S/c1-31(19-21-8-4-2-5-9-21)26-18-24(22-10-6-3-7-11-22)29-28(30-26)36-20-23-12-13-25(35-23)27(33)32-14-16-34-17-15-32/h2-13,18H,14-17,19-20H2,1H3. The first-order valence-electron chi connectivity index (χ1n) is 11.9. The Morgan fingerprint density at radius 3 is 2.44 bits per heavy atom. The van der Waals surface area contributed by atoms with Gasteiger partial charge >= 0.3 is 0 Å². The van der Waals surface area contributed by atoms with Gasteiger partial charge in [-0.1, -0.05) is 72.4 Å². The summed E-state index contributed by atoms with van der Waals surface area (Å²) < 4.78 is 11.2. The smallest absolute Gasteiger partial charge is 0.289 e. The van der Waals surface area contributed by atoms with Crippen LogP contribution in [0.25, 0.3) is 11.3 Å². The van der Waals surface area contributed by atoms with E-state index in [2.05, 4.69) is 17.0 Å². The molecule has 0 N–H and O–H groups in total. The first kappa shape index (κ1) is 24.1. The van der Waals surface area contributed by atoms with E-state index in [1.54, 1.807) is 11.0 Å². The van der Waals surface area contributed by atoms with Crippen LogP contribution < -0.4 is 4.90 Å². The van der Waals surface area contributed by atoms with Gasteiger partial charge in [0.25, 0.3) is 5.91 Å². The Morgan fingerprint density at radius 1 is 0.972 bits per heavy atom. The van der Waals surface area contributed by atoms with Gasteiger partial charge in [-0.25, -0.2) is 9.97 Å². The van der Waals surface area contributed by atoms with E-state index in [-0.39, 0.29) is 5.91 Å². The number of morpholine rings is 1. The zero-order chi connectivity index (χ0) is 24.7. The maximum absolute atomic E-state index is 12.7. The molecule has 1 aliphatic heterocycles. The first-order chi connectivity index (χ1) is 17.7. The second kappa shape index (κ2) is 11.4. The number of rotatable bonds is 8. The van der Waals surface area contributed by atoms with Gasteiger partial charge in [0, 0.05) is 38.3 Å². The van der Waals surface area contributed by atoms with Gasteiger partial charge in [-0.05, 0) is 17.7 Å². The van der Waals surface area contributed by atoms with Crippen LogP contribution in [0, 0.1) is 0 Å². The molecule has 0 aliphatic carbocycles. The summed E-state index contributed by atoms with van der Waals surface area (Å²) in [7, 11) is 2.04. The maximum atomic E-state index is 12.7. The number of thioether (sulfide) groups is 1. The number of aromatic nitrogens is 2. The van der Waals surface area contributed by atoms with Crippen LogP contribution >= 0.6 is 11.8 Å². The van der Waals surface area contributed by atoms with E-state index in [0.29, 0.717) is 48.7 Å². The third kappa shape index (κ3) is 5.95. The van der Waals surface area contributed by atoms with Crippen LogP contribution in [-0.2, 0) is 17.0 Å². The van der Waals surface area contributed by atoms with Crippen molar-refractivity contribution in [2.45, 2.75) is 17.5 Å². The van der Waals surface area contributed by atoms with Crippen molar-refractivity contribution in [3.8, 4) is 11.3 Å². The summed E-state index contributed by atoms with van der Waals surface area (Å²) >= 11 is 1.49. The molecule has 2 aromatic carbocycles. The van der Waals surface area contributed by atoms with Crippen molar-refractivity contribution >= 4 is 23.5 Å². The summed E-state index contributed by atoms with van der Waals surface area (Å²) in [4.78, 5) is 26.2. The number of carbonyl (C=O) groups is 1. The average molecular weight is 501 g/mol. The minimum absolute atomic E-state index is 0.0957. The Labute approximate surface area is 215 Å². The number of hydrogen-bond acceptors (Lipinski definition) is 7. The van der Waals surface area contributed by atoms with Crippen LogP contribution in [0.2, 0.25) is 0 Å². The molecular weight excluding hydrogens is 472 g/mol. The summed E-state index contributed by atoms with van der Waals surface area (Å²) in [6, 6.07) is 26.0. The number of carbonyl (C=O) groups excluding carboxylic acids is 1. The molecule has 0 radical (unpaired) electrons. The molecule has 1 fully saturated rings. The monoisotopic (exact) mass is 500 g/mol. The lowest BCUT2D eigenvalue weighted by molar-refractivity contribution is 0.0282. The summed E-state index contributed by atoms with van der Waals surface area (Å²) in [6.07, 6.45) is 0. The third-order valence-electron chi connectivity index (χ3n) is 5.93. The Balaban J connectivity index is 1.33. The van der Waals surface area contributed by atoms with Crippen LogP contribution in [0.5, 0.6) is 0 Å². The normalized spacial score (nSPS) is 13.5. The van der Waals surface area contributed by atoms with Gasteiger partial charge in [0.2, 0.25) is 0 Å². The predicted molar refractivity (Wildman–Crippen MR) is 141 cm³/mol. The van der Waals surface area contributed by atoms with E-state index in [1.165, 1.54) is 17.3 Å². The largest absolute Gasteiger partial charge is 0.455 e. The Kier molecular flexibility index (Phi) is 7.64. The van der Waals surface area contributed by atoms with Gasteiger partial charge in [-0.15, -0.1) is 0 Å². The highest BCUT2D eigenvalue weighted by molar-refractivity contribution is 7.98. The van der Waals surface area contributed by atoms with Gasteiger partial charge in [-0.3, -0.25) is 4.79 Å². The minimum atomic E-state index is -0.0957. The molecular formula is C28H28N4O3S. The van der Waals surface area contributed by atoms with Crippen LogP contribution in [-0.4, -0.2) is 54.1 Å². The van der Waals surface area contributed by atoms with Crippen molar-refractivity contribution in [3.63, 3.8) is 0 Å². The molecule has 1 amide bonds. The fraction of sp³-hybridized carbons (Fsp3) is 0.250. The van der Waals surface area contributed by atoms with Gasteiger partial charge in [0.05, 0.1) is 24.7 Å². The molecule has 8 heteroatoms. The Bertz CT molecular complexity index is 1290. The molecule has 36 heavy (non-hydrogen) atoms. The topological polar surface area (TPSA) is 71.7 Å². The molecule has 0 spiro atoms. The Morgan fingerprint density at radius 2 is 1.69 bits per heavy atom. The summed E-state index contributed by atoms with van der Waals surface area (Å²) in [5.74, 6) is 2.34. The van der Waals surface area contributed by atoms with Crippen molar-refractivity contribution in [1.82, 2.24) is 14.9 Å². The molecule has 3 heterocycles. The van der Waals surface area contributed by atoms with Crippen molar-refractivity contribution < 1.29 is 13.9 Å². The second-order valence-corrected chi connectivity index (χ2v) is 9.50. The van der Waals surface area contributed by atoms with Gasteiger partial charge < -0.3 is 19.0 Å². The fourth-order valence-corrected chi connectivity index (χ4v) is 4.74. The molecule has 5 rings (SSSR count). The van der Waals surface area contributed by atoms with Crippen LogP contribution in [0.15, 0.2) is 88.4 Å². The van der Waals surface area contributed by atoms with Crippen molar-refractivity contribution in [2.75, 3.05) is 38.3 Å².